The topological polar surface area (TPSA) is 49.7 Å². The summed E-state index contributed by atoms with van der Waals surface area (Å²) in [6.45, 7) is 0. The van der Waals surface area contributed by atoms with Crippen molar-refractivity contribution in [3.05, 3.63) is 28.5 Å². The van der Waals surface area contributed by atoms with Gasteiger partial charge < -0.3 is 5.11 Å². The average Bonchev–Trinajstić information content (AvgIpc) is 2.66. The molecule has 18 heavy (non-hydrogen) atoms. The Morgan fingerprint density at radius 1 is 1.44 bits per heavy atom. The highest BCUT2D eigenvalue weighted by Gasteiger charge is 2.36. The van der Waals surface area contributed by atoms with Crippen molar-refractivity contribution in [1.29, 1.82) is 0 Å². The molecule has 0 aromatic heterocycles. The minimum absolute atomic E-state index is 0.0616. The molecule has 1 N–H and O–H groups in total. The van der Waals surface area contributed by atoms with Crippen LogP contribution in [0, 0.1) is 11.7 Å². The third kappa shape index (κ3) is 1.72. The summed E-state index contributed by atoms with van der Waals surface area (Å²) in [6.07, 6.45) is 1.78. The van der Waals surface area contributed by atoms with E-state index < -0.39 is 11.8 Å². The van der Waals surface area contributed by atoms with Crippen LogP contribution < -0.4 is 0 Å². The van der Waals surface area contributed by atoms with Gasteiger partial charge in [0.25, 0.3) is 0 Å². The number of nitrogens with zero attached hydrogens (tertiary/aromatic N) is 1. The fraction of sp³-hybridized carbons (Fsp3) is 0.385. The second kappa shape index (κ2) is 4.05. The van der Waals surface area contributed by atoms with Gasteiger partial charge in [0.1, 0.15) is 5.82 Å². The smallest absolute Gasteiger partial charge is 0.306 e. The molecule has 2 unspecified atom stereocenters. The van der Waals surface area contributed by atoms with Gasteiger partial charge in [0.05, 0.1) is 16.6 Å². The number of aliphatic imine (C=N–C) groups is 1. The van der Waals surface area contributed by atoms with Crippen LogP contribution in [-0.2, 0) is 4.79 Å². The second-order valence-electron chi connectivity index (χ2n) is 4.80. The number of fused-ring (bicyclic) bond motifs is 3. The van der Waals surface area contributed by atoms with E-state index in [0.29, 0.717) is 24.9 Å². The van der Waals surface area contributed by atoms with E-state index >= 15 is 0 Å². The summed E-state index contributed by atoms with van der Waals surface area (Å²) in [4.78, 5) is 15.4. The molecule has 1 aliphatic carbocycles. The Kier molecular flexibility index (Phi) is 2.63. The molecule has 1 aromatic carbocycles. The highest BCUT2D eigenvalue weighted by atomic mass is 35.5. The Labute approximate surface area is 108 Å². The van der Waals surface area contributed by atoms with Gasteiger partial charge in [-0.3, -0.25) is 9.79 Å². The van der Waals surface area contributed by atoms with E-state index in [4.69, 9.17) is 16.7 Å². The van der Waals surface area contributed by atoms with Gasteiger partial charge in [0.15, 0.2) is 0 Å². The molecule has 3 nitrogen and oxygen atoms in total. The molecule has 2 aliphatic rings. The lowest BCUT2D eigenvalue weighted by Crippen LogP contribution is -2.26. The zero-order valence-electron chi connectivity index (χ0n) is 9.49. The van der Waals surface area contributed by atoms with Crippen LogP contribution in [0.1, 0.15) is 30.7 Å². The lowest BCUT2D eigenvalue weighted by molar-refractivity contribution is -0.141. The third-order valence-electron chi connectivity index (χ3n) is 3.72. The number of aliphatic carboxylic acids is 1. The Bertz CT molecular complexity index is 570. The van der Waals surface area contributed by atoms with Crippen LogP contribution in [0.5, 0.6) is 0 Å². The predicted molar refractivity (Wildman–Crippen MR) is 66.2 cm³/mol. The maximum atomic E-state index is 13.5. The standard InChI is InChI=1S/C13H11ClFNO2/c14-9-5-12-8(4-10(9)15)7-2-1-6(13(17)18)3-11(7)16-12/h4-7H,1-3H2,(H,17,18). The molecule has 1 aliphatic heterocycles. The third-order valence-corrected chi connectivity index (χ3v) is 4.01. The molecule has 0 spiro atoms. The number of rotatable bonds is 1. The number of benzene rings is 1. The predicted octanol–water partition coefficient (Wildman–Crippen LogP) is 3.53. The van der Waals surface area contributed by atoms with Crippen LogP contribution in [0.3, 0.4) is 0 Å². The van der Waals surface area contributed by atoms with E-state index in [9.17, 15) is 9.18 Å². The first-order chi connectivity index (χ1) is 8.56. The van der Waals surface area contributed by atoms with E-state index in [1.807, 2.05) is 0 Å². The number of carbonyl (C=O) groups is 1. The first-order valence-electron chi connectivity index (χ1n) is 5.85. The molecule has 5 heteroatoms. The summed E-state index contributed by atoms with van der Waals surface area (Å²) in [5.74, 6) is -1.51. The van der Waals surface area contributed by atoms with Crippen molar-refractivity contribution in [3.63, 3.8) is 0 Å². The van der Waals surface area contributed by atoms with E-state index in [-0.39, 0.29) is 16.9 Å². The average molecular weight is 268 g/mol. The molecular weight excluding hydrogens is 257 g/mol. The van der Waals surface area contributed by atoms with E-state index in [1.54, 1.807) is 0 Å². The van der Waals surface area contributed by atoms with Crippen molar-refractivity contribution in [2.45, 2.75) is 25.2 Å². The normalized spacial score (nSPS) is 25.3. The molecular formula is C13H11ClFNO2. The lowest BCUT2D eigenvalue weighted by atomic mass is 9.78. The molecule has 3 rings (SSSR count). The Balaban J connectivity index is 1.96. The van der Waals surface area contributed by atoms with Crippen LogP contribution in [-0.4, -0.2) is 16.8 Å². The summed E-state index contributed by atoms with van der Waals surface area (Å²) >= 11 is 5.73. The SMILES string of the molecule is O=C(O)C1CCC2C(=Nc3cc(Cl)c(F)cc32)C1. The quantitative estimate of drug-likeness (QED) is 0.846. The van der Waals surface area contributed by atoms with Gasteiger partial charge in [-0.1, -0.05) is 11.6 Å². The van der Waals surface area contributed by atoms with E-state index in [1.165, 1.54) is 12.1 Å². The Hall–Kier alpha value is -1.42. The highest BCUT2D eigenvalue weighted by molar-refractivity contribution is 6.31. The first kappa shape index (κ1) is 11.7. The Morgan fingerprint density at radius 2 is 2.22 bits per heavy atom. The lowest BCUT2D eigenvalue weighted by Gasteiger charge is -2.24. The van der Waals surface area contributed by atoms with Crippen LogP contribution in [0.15, 0.2) is 17.1 Å². The molecule has 1 heterocycles. The maximum Gasteiger partial charge on any atom is 0.306 e. The monoisotopic (exact) mass is 267 g/mol. The molecule has 0 amide bonds. The number of carboxylic acids is 1. The summed E-state index contributed by atoms with van der Waals surface area (Å²) < 4.78 is 13.5. The molecule has 1 fully saturated rings. The molecule has 0 radical (unpaired) electrons. The summed E-state index contributed by atoms with van der Waals surface area (Å²) in [5, 5.41) is 9.09. The van der Waals surface area contributed by atoms with Crippen molar-refractivity contribution in [2.24, 2.45) is 10.9 Å². The zero-order valence-corrected chi connectivity index (χ0v) is 10.2. The van der Waals surface area contributed by atoms with E-state index in [2.05, 4.69) is 4.99 Å². The summed E-state index contributed by atoms with van der Waals surface area (Å²) in [7, 11) is 0. The van der Waals surface area contributed by atoms with Crippen molar-refractivity contribution in [3.8, 4) is 0 Å². The number of hydrogen-bond acceptors (Lipinski definition) is 2. The molecule has 0 saturated heterocycles. The van der Waals surface area contributed by atoms with Crippen molar-refractivity contribution < 1.29 is 14.3 Å². The summed E-state index contributed by atoms with van der Waals surface area (Å²) in [6, 6.07) is 2.95. The van der Waals surface area contributed by atoms with Crippen LogP contribution in [0.25, 0.3) is 0 Å². The first-order valence-corrected chi connectivity index (χ1v) is 6.23. The zero-order chi connectivity index (χ0) is 12.9. The van der Waals surface area contributed by atoms with Gasteiger partial charge in [0, 0.05) is 11.6 Å². The molecule has 1 saturated carbocycles. The summed E-state index contributed by atoms with van der Waals surface area (Å²) in [5.41, 5.74) is 2.38. The largest absolute Gasteiger partial charge is 0.481 e. The molecule has 2 atom stereocenters. The minimum Gasteiger partial charge on any atom is -0.481 e. The van der Waals surface area contributed by atoms with Gasteiger partial charge in [-0.05, 0) is 37.0 Å². The molecule has 94 valence electrons. The number of halogens is 2. The molecule has 0 bridgehead atoms. The number of carboxylic acid groups (broad SMARTS) is 1. The number of hydrogen-bond donors (Lipinski definition) is 1. The fourth-order valence-corrected chi connectivity index (χ4v) is 2.94. The van der Waals surface area contributed by atoms with E-state index in [0.717, 1.165) is 11.3 Å². The van der Waals surface area contributed by atoms with Crippen LogP contribution >= 0.6 is 11.6 Å². The van der Waals surface area contributed by atoms with Crippen molar-refractivity contribution >= 4 is 29.0 Å². The van der Waals surface area contributed by atoms with Crippen molar-refractivity contribution in [2.75, 3.05) is 0 Å². The van der Waals surface area contributed by atoms with Crippen LogP contribution in [0.4, 0.5) is 10.1 Å². The van der Waals surface area contributed by atoms with Gasteiger partial charge in [-0.25, -0.2) is 4.39 Å². The second-order valence-corrected chi connectivity index (χ2v) is 5.20. The van der Waals surface area contributed by atoms with Gasteiger partial charge in [-0.2, -0.15) is 0 Å². The minimum atomic E-state index is -0.781. The van der Waals surface area contributed by atoms with Gasteiger partial charge >= 0.3 is 5.97 Å². The fourth-order valence-electron chi connectivity index (χ4n) is 2.78. The van der Waals surface area contributed by atoms with Crippen molar-refractivity contribution in [1.82, 2.24) is 0 Å². The molecule has 1 aromatic rings. The maximum absolute atomic E-state index is 13.5. The van der Waals surface area contributed by atoms with Crippen LogP contribution in [0.2, 0.25) is 5.02 Å². The Morgan fingerprint density at radius 3 is 2.94 bits per heavy atom. The highest BCUT2D eigenvalue weighted by Crippen LogP contribution is 2.45. The van der Waals surface area contributed by atoms with Gasteiger partial charge in [0.2, 0.25) is 0 Å². The van der Waals surface area contributed by atoms with Gasteiger partial charge in [-0.15, -0.1) is 0 Å².